The van der Waals surface area contributed by atoms with Crippen molar-refractivity contribution in [2.24, 2.45) is 14.1 Å². The van der Waals surface area contributed by atoms with Crippen LogP contribution in [0.2, 0.25) is 0 Å². The maximum Gasteiger partial charge on any atom is 0.229 e. The lowest BCUT2D eigenvalue weighted by Gasteiger charge is -2.17. The van der Waals surface area contributed by atoms with E-state index in [0.717, 1.165) is 0 Å². The minimum Gasteiger partial charge on any atom is -0.303 e. The van der Waals surface area contributed by atoms with Gasteiger partial charge in [0.05, 0.1) is 11.0 Å². The second-order valence-corrected chi connectivity index (χ2v) is 14.8. The van der Waals surface area contributed by atoms with Crippen LogP contribution < -0.4 is 9.13 Å². The fourth-order valence-corrected chi connectivity index (χ4v) is 8.51. The van der Waals surface area contributed by atoms with Crippen molar-refractivity contribution in [3.8, 4) is 45.3 Å². The Morgan fingerprint density at radius 1 is 0.442 bits per heavy atom. The van der Waals surface area contributed by atoms with E-state index in [4.69, 9.17) is 0 Å². The van der Waals surface area contributed by atoms with Gasteiger partial charge in [0, 0.05) is 46.4 Å². The highest BCUT2D eigenvalue weighted by molar-refractivity contribution is 6.10. The Balaban J connectivity index is 1.52. The van der Waals surface area contributed by atoms with Crippen LogP contribution in [-0.2, 0) is 14.1 Å². The maximum atomic E-state index is 2.52. The van der Waals surface area contributed by atoms with Gasteiger partial charge in [0.1, 0.15) is 25.5 Å². The Morgan fingerprint density at radius 3 is 1.21 bits per heavy atom. The summed E-state index contributed by atoms with van der Waals surface area (Å²) in [6.07, 6.45) is 4.30. The number of benzene rings is 4. The number of rotatable bonds is 7. The molecular formula is C48H48N4+2. The summed E-state index contributed by atoms with van der Waals surface area (Å²) < 4.78 is 9.54. The lowest BCUT2D eigenvalue weighted by Crippen LogP contribution is -2.31. The van der Waals surface area contributed by atoms with E-state index in [1.807, 2.05) is 0 Å². The minimum absolute atomic E-state index is 0.372. The Morgan fingerprint density at radius 2 is 0.827 bits per heavy atom. The fraction of sp³-hybridized carbons (Fsp3) is 0.208. The highest BCUT2D eigenvalue weighted by Gasteiger charge is 2.29. The van der Waals surface area contributed by atoms with E-state index in [9.17, 15) is 0 Å². The van der Waals surface area contributed by atoms with Crippen LogP contribution in [-0.4, -0.2) is 9.13 Å². The van der Waals surface area contributed by atoms with Gasteiger partial charge in [-0.1, -0.05) is 88.4 Å². The molecular weight excluding hydrogens is 633 g/mol. The number of hydrogen-bond acceptors (Lipinski definition) is 0. The predicted octanol–water partition coefficient (Wildman–Crippen LogP) is 11.1. The van der Waals surface area contributed by atoms with Gasteiger partial charge in [-0.3, -0.25) is 0 Å². The van der Waals surface area contributed by atoms with E-state index in [2.05, 4.69) is 208 Å². The van der Waals surface area contributed by atoms with Crippen molar-refractivity contribution in [2.75, 3.05) is 0 Å². The van der Waals surface area contributed by atoms with Gasteiger partial charge < -0.3 is 9.13 Å². The van der Waals surface area contributed by atoms with Crippen LogP contribution in [0.5, 0.6) is 0 Å². The number of hydrogen-bond donors (Lipinski definition) is 0. The second kappa shape index (κ2) is 13.1. The van der Waals surface area contributed by atoms with Gasteiger partial charge in [0.15, 0.2) is 12.4 Å². The standard InChI is InChI=1S/C48H48N4/c1-31(2)35-19-9-11-23-39(35)51-41-27-17-21-37(45(41)33(5)47(51)43-25-13-15-29-49(43)7)38-22-18-28-42-46(38)34(6)48(44-26-14-16-30-50(44)8)52(42)40-24-12-10-20-36(40)32(3)4/h9-32H,1-8H3/q+2. The molecule has 0 saturated heterocycles. The molecule has 0 saturated carbocycles. The zero-order chi connectivity index (χ0) is 36.3. The molecule has 0 aliphatic rings. The quantitative estimate of drug-likeness (QED) is 0.149. The summed E-state index contributed by atoms with van der Waals surface area (Å²) in [6, 6.07) is 44.6. The Bertz CT molecular complexity index is 2450. The van der Waals surface area contributed by atoms with Gasteiger partial charge in [0.2, 0.25) is 11.4 Å². The summed E-state index contributed by atoms with van der Waals surface area (Å²) in [4.78, 5) is 0. The summed E-state index contributed by atoms with van der Waals surface area (Å²) in [6.45, 7) is 13.8. The van der Waals surface area contributed by atoms with Gasteiger partial charge in [-0.25, -0.2) is 0 Å². The van der Waals surface area contributed by atoms with E-state index in [1.54, 1.807) is 0 Å². The molecule has 0 N–H and O–H groups in total. The van der Waals surface area contributed by atoms with Crippen molar-refractivity contribution >= 4 is 21.8 Å². The molecule has 8 aromatic rings. The molecule has 4 aromatic carbocycles. The molecule has 8 rings (SSSR count). The number of fused-ring (bicyclic) bond motifs is 2. The van der Waals surface area contributed by atoms with Crippen LogP contribution in [0.15, 0.2) is 134 Å². The third-order valence-electron chi connectivity index (χ3n) is 11.0. The molecule has 0 bridgehead atoms. The fourth-order valence-electron chi connectivity index (χ4n) is 8.51. The van der Waals surface area contributed by atoms with Crippen LogP contribution in [0.4, 0.5) is 0 Å². The molecule has 4 heteroatoms. The summed E-state index contributed by atoms with van der Waals surface area (Å²) in [5.41, 5.74) is 17.5. The van der Waals surface area contributed by atoms with E-state index in [1.165, 1.54) is 89.3 Å². The molecule has 0 amide bonds. The molecule has 0 aliphatic carbocycles. The van der Waals surface area contributed by atoms with Crippen LogP contribution in [0.3, 0.4) is 0 Å². The highest BCUT2D eigenvalue weighted by Crippen LogP contribution is 2.46. The summed E-state index contributed by atoms with van der Waals surface area (Å²) in [7, 11) is 4.30. The molecule has 4 nitrogen and oxygen atoms in total. The maximum absolute atomic E-state index is 2.52. The first-order valence-electron chi connectivity index (χ1n) is 18.6. The van der Waals surface area contributed by atoms with E-state index >= 15 is 0 Å². The SMILES string of the molecule is Cc1c(-c2cccc[n+]2C)n(-c2ccccc2C(C)C)c2cccc(-c3cccc4c3c(C)c(-c3cccc[n+]3C)n4-c3ccccc3C(C)C)c12. The first-order chi connectivity index (χ1) is 25.2. The van der Waals surface area contributed by atoms with Crippen molar-refractivity contribution in [1.82, 2.24) is 9.13 Å². The molecule has 0 fully saturated rings. The second-order valence-electron chi connectivity index (χ2n) is 14.8. The minimum atomic E-state index is 0.372. The monoisotopic (exact) mass is 680 g/mol. The predicted molar refractivity (Wildman–Crippen MR) is 216 cm³/mol. The Kier molecular flexibility index (Phi) is 8.42. The first kappa shape index (κ1) is 33.4. The molecule has 0 aliphatic heterocycles. The van der Waals surface area contributed by atoms with Crippen LogP contribution in [0, 0.1) is 13.8 Å². The number of aromatic nitrogens is 4. The number of aryl methyl sites for hydroxylation is 4. The molecule has 4 heterocycles. The number of nitrogens with zero attached hydrogens (tertiary/aromatic N) is 4. The normalized spacial score (nSPS) is 11.8. The molecule has 0 atom stereocenters. The summed E-state index contributed by atoms with van der Waals surface area (Å²) in [5, 5.41) is 2.57. The Hall–Kier alpha value is -5.74. The van der Waals surface area contributed by atoms with E-state index < -0.39 is 0 Å². The van der Waals surface area contributed by atoms with E-state index in [0.29, 0.717) is 11.8 Å². The lowest BCUT2D eigenvalue weighted by molar-refractivity contribution is -0.660. The average Bonchev–Trinajstić information content (AvgIpc) is 3.62. The molecule has 52 heavy (non-hydrogen) atoms. The summed E-state index contributed by atoms with van der Waals surface area (Å²) in [5.74, 6) is 0.745. The zero-order valence-electron chi connectivity index (χ0n) is 31.6. The third-order valence-corrected chi connectivity index (χ3v) is 11.0. The van der Waals surface area contributed by atoms with E-state index in [-0.39, 0.29) is 0 Å². The van der Waals surface area contributed by atoms with Gasteiger partial charge >= 0.3 is 0 Å². The molecule has 4 aromatic heterocycles. The average molecular weight is 681 g/mol. The smallest absolute Gasteiger partial charge is 0.229 e. The molecule has 258 valence electrons. The number of para-hydroxylation sites is 2. The topological polar surface area (TPSA) is 17.6 Å². The van der Waals surface area contributed by atoms with Gasteiger partial charge in [-0.15, -0.1) is 0 Å². The zero-order valence-corrected chi connectivity index (χ0v) is 31.6. The lowest BCUT2D eigenvalue weighted by atomic mass is 9.94. The van der Waals surface area contributed by atoms with Crippen molar-refractivity contribution in [2.45, 2.75) is 53.4 Å². The molecule has 0 spiro atoms. The van der Waals surface area contributed by atoms with Crippen molar-refractivity contribution in [1.29, 1.82) is 0 Å². The first-order valence-corrected chi connectivity index (χ1v) is 18.6. The third kappa shape index (κ3) is 5.20. The van der Waals surface area contributed by atoms with Crippen molar-refractivity contribution in [3.63, 3.8) is 0 Å². The van der Waals surface area contributed by atoms with Crippen molar-refractivity contribution in [3.05, 3.63) is 156 Å². The molecule has 0 unspecified atom stereocenters. The molecule has 0 radical (unpaired) electrons. The van der Waals surface area contributed by atoms with Gasteiger partial charge in [-0.2, -0.15) is 9.13 Å². The van der Waals surface area contributed by atoms with Crippen LogP contribution in [0.1, 0.15) is 61.8 Å². The van der Waals surface area contributed by atoms with Gasteiger partial charge in [-0.05, 0) is 95.5 Å². The Labute approximate surface area is 307 Å². The highest BCUT2D eigenvalue weighted by atomic mass is 15.1. The van der Waals surface area contributed by atoms with Crippen LogP contribution in [0.25, 0.3) is 67.1 Å². The number of pyridine rings is 2. The van der Waals surface area contributed by atoms with Crippen molar-refractivity contribution < 1.29 is 9.13 Å². The van der Waals surface area contributed by atoms with Crippen LogP contribution >= 0.6 is 0 Å². The van der Waals surface area contributed by atoms with Gasteiger partial charge in [0.25, 0.3) is 0 Å². The largest absolute Gasteiger partial charge is 0.303 e. The summed E-state index contributed by atoms with van der Waals surface area (Å²) >= 11 is 0.